The Kier molecular flexibility index (Phi) is 7.49. The lowest BCUT2D eigenvalue weighted by Crippen LogP contribution is -2.41. The van der Waals surface area contributed by atoms with Gasteiger partial charge in [0.2, 0.25) is 0 Å². The summed E-state index contributed by atoms with van der Waals surface area (Å²) in [7, 11) is 3.13. The maximum Gasteiger partial charge on any atom is 0.276 e. The van der Waals surface area contributed by atoms with Gasteiger partial charge in [0.1, 0.15) is 11.5 Å². The summed E-state index contributed by atoms with van der Waals surface area (Å²) in [6, 6.07) is 5.23. The van der Waals surface area contributed by atoms with Gasteiger partial charge in [0.05, 0.1) is 26.0 Å². The van der Waals surface area contributed by atoms with Gasteiger partial charge in [-0.05, 0) is 44.7 Å². The van der Waals surface area contributed by atoms with Gasteiger partial charge in [-0.15, -0.1) is 5.10 Å². The first-order chi connectivity index (χ1) is 15.0. The molecule has 0 aliphatic carbocycles. The standard InChI is InChI=1S/C22H31N5O4/c1-5-25(6-2)22(29)19-15-27(24-23-19)14-16-8-7-11-26(13-16)21(28)18-10-9-17(30-3)12-20(18)31-4/h9-10,12,15-16H,5-8,11,13-14H2,1-4H3. The van der Waals surface area contributed by atoms with Crippen LogP contribution in [0.4, 0.5) is 0 Å². The summed E-state index contributed by atoms with van der Waals surface area (Å²) in [5.74, 6) is 1.22. The molecule has 1 atom stereocenters. The molecule has 1 aliphatic heterocycles. The molecule has 1 saturated heterocycles. The molecule has 9 nitrogen and oxygen atoms in total. The zero-order valence-electron chi connectivity index (χ0n) is 18.7. The predicted molar refractivity (Wildman–Crippen MR) is 115 cm³/mol. The highest BCUT2D eigenvalue weighted by Crippen LogP contribution is 2.28. The van der Waals surface area contributed by atoms with Crippen molar-refractivity contribution in [1.29, 1.82) is 0 Å². The van der Waals surface area contributed by atoms with Gasteiger partial charge in [0, 0.05) is 38.8 Å². The fourth-order valence-electron chi connectivity index (χ4n) is 3.97. The van der Waals surface area contributed by atoms with Gasteiger partial charge >= 0.3 is 0 Å². The van der Waals surface area contributed by atoms with Gasteiger partial charge in [-0.2, -0.15) is 0 Å². The van der Waals surface area contributed by atoms with E-state index in [2.05, 4.69) is 10.3 Å². The van der Waals surface area contributed by atoms with Crippen molar-refractivity contribution in [3.63, 3.8) is 0 Å². The zero-order valence-corrected chi connectivity index (χ0v) is 18.7. The number of ether oxygens (including phenoxy) is 2. The smallest absolute Gasteiger partial charge is 0.276 e. The summed E-state index contributed by atoms with van der Waals surface area (Å²) >= 11 is 0. The van der Waals surface area contributed by atoms with E-state index >= 15 is 0 Å². The molecule has 2 aromatic rings. The Balaban J connectivity index is 1.66. The molecule has 2 heterocycles. The Morgan fingerprint density at radius 1 is 1.19 bits per heavy atom. The predicted octanol–water partition coefficient (Wildman–Crippen LogP) is 2.33. The normalized spacial score (nSPS) is 16.1. The van der Waals surface area contributed by atoms with E-state index in [1.807, 2.05) is 18.7 Å². The van der Waals surface area contributed by atoms with E-state index in [-0.39, 0.29) is 17.7 Å². The van der Waals surface area contributed by atoms with Crippen LogP contribution in [0.2, 0.25) is 0 Å². The van der Waals surface area contributed by atoms with Crippen molar-refractivity contribution in [1.82, 2.24) is 24.8 Å². The maximum absolute atomic E-state index is 13.1. The van der Waals surface area contributed by atoms with Crippen molar-refractivity contribution in [3.8, 4) is 11.5 Å². The van der Waals surface area contributed by atoms with Crippen molar-refractivity contribution in [3.05, 3.63) is 35.7 Å². The topological polar surface area (TPSA) is 89.8 Å². The van der Waals surface area contributed by atoms with E-state index in [1.165, 1.54) is 0 Å². The summed E-state index contributed by atoms with van der Waals surface area (Å²) in [6.45, 7) is 7.09. The van der Waals surface area contributed by atoms with Gasteiger partial charge < -0.3 is 19.3 Å². The molecule has 9 heteroatoms. The van der Waals surface area contributed by atoms with Crippen LogP contribution in [0, 0.1) is 5.92 Å². The van der Waals surface area contributed by atoms with Crippen LogP contribution in [0.1, 0.15) is 47.5 Å². The van der Waals surface area contributed by atoms with Crippen LogP contribution in [-0.4, -0.2) is 77.0 Å². The Bertz CT molecular complexity index is 909. The molecule has 1 aromatic heterocycles. The number of nitrogens with zero attached hydrogens (tertiary/aromatic N) is 5. The number of hydrogen-bond donors (Lipinski definition) is 0. The second-order valence-corrected chi connectivity index (χ2v) is 7.63. The number of likely N-dealkylation sites (tertiary alicyclic amines) is 1. The zero-order chi connectivity index (χ0) is 22.4. The van der Waals surface area contributed by atoms with Crippen LogP contribution in [0.3, 0.4) is 0 Å². The molecule has 3 rings (SSSR count). The van der Waals surface area contributed by atoms with E-state index in [4.69, 9.17) is 9.47 Å². The molecule has 1 aromatic carbocycles. The molecule has 1 aliphatic rings. The van der Waals surface area contributed by atoms with Crippen LogP contribution in [-0.2, 0) is 6.54 Å². The average molecular weight is 430 g/mol. The molecule has 0 spiro atoms. The fraction of sp³-hybridized carbons (Fsp3) is 0.545. The lowest BCUT2D eigenvalue weighted by atomic mass is 9.97. The minimum Gasteiger partial charge on any atom is -0.497 e. The largest absolute Gasteiger partial charge is 0.497 e. The Morgan fingerprint density at radius 3 is 2.65 bits per heavy atom. The molecule has 168 valence electrons. The first kappa shape index (κ1) is 22.6. The Hall–Kier alpha value is -3.10. The van der Waals surface area contributed by atoms with Crippen molar-refractivity contribution in [2.24, 2.45) is 5.92 Å². The van der Waals surface area contributed by atoms with Crippen LogP contribution >= 0.6 is 0 Å². The first-order valence-electron chi connectivity index (χ1n) is 10.7. The Morgan fingerprint density at radius 2 is 1.97 bits per heavy atom. The third kappa shape index (κ3) is 5.15. The molecule has 0 N–H and O–H groups in total. The van der Waals surface area contributed by atoms with Crippen LogP contribution < -0.4 is 9.47 Å². The molecule has 0 bridgehead atoms. The highest BCUT2D eigenvalue weighted by molar-refractivity contribution is 5.97. The Labute approximate surface area is 182 Å². The number of methoxy groups -OCH3 is 2. The molecule has 31 heavy (non-hydrogen) atoms. The number of hydrogen-bond acceptors (Lipinski definition) is 6. The third-order valence-corrected chi connectivity index (χ3v) is 5.70. The molecular weight excluding hydrogens is 398 g/mol. The molecule has 0 radical (unpaired) electrons. The van der Waals surface area contributed by atoms with E-state index in [0.29, 0.717) is 55.5 Å². The second kappa shape index (κ2) is 10.3. The molecular formula is C22H31N5O4. The summed E-state index contributed by atoms with van der Waals surface area (Å²) in [5, 5.41) is 8.19. The monoisotopic (exact) mass is 429 g/mol. The number of amides is 2. The van der Waals surface area contributed by atoms with E-state index < -0.39 is 0 Å². The van der Waals surface area contributed by atoms with Crippen molar-refractivity contribution in [2.75, 3.05) is 40.4 Å². The lowest BCUT2D eigenvalue weighted by Gasteiger charge is -2.33. The average Bonchev–Trinajstić information content (AvgIpc) is 3.27. The second-order valence-electron chi connectivity index (χ2n) is 7.63. The summed E-state index contributed by atoms with van der Waals surface area (Å²) in [6.07, 6.45) is 3.60. The molecule has 2 amide bonds. The number of benzene rings is 1. The maximum atomic E-state index is 13.1. The highest BCUT2D eigenvalue weighted by atomic mass is 16.5. The van der Waals surface area contributed by atoms with Gasteiger partial charge in [0.25, 0.3) is 11.8 Å². The quantitative estimate of drug-likeness (QED) is 0.640. The van der Waals surface area contributed by atoms with Crippen molar-refractivity contribution >= 4 is 11.8 Å². The van der Waals surface area contributed by atoms with E-state index in [9.17, 15) is 9.59 Å². The SMILES string of the molecule is CCN(CC)C(=O)c1cn(CC2CCCN(C(=O)c3ccc(OC)cc3OC)C2)nn1. The third-order valence-electron chi connectivity index (χ3n) is 5.70. The number of carbonyl (C=O) groups excluding carboxylic acids is 2. The number of carbonyl (C=O) groups is 2. The highest BCUT2D eigenvalue weighted by Gasteiger charge is 2.27. The van der Waals surface area contributed by atoms with Crippen molar-refractivity contribution < 1.29 is 19.1 Å². The summed E-state index contributed by atoms with van der Waals surface area (Å²) in [5.41, 5.74) is 0.882. The fourth-order valence-corrected chi connectivity index (χ4v) is 3.97. The summed E-state index contributed by atoms with van der Waals surface area (Å²) < 4.78 is 12.3. The number of piperidine rings is 1. The van der Waals surface area contributed by atoms with Crippen LogP contribution in [0.15, 0.2) is 24.4 Å². The first-order valence-corrected chi connectivity index (χ1v) is 10.7. The van der Waals surface area contributed by atoms with Crippen LogP contribution in [0.25, 0.3) is 0 Å². The van der Waals surface area contributed by atoms with Gasteiger partial charge in [-0.1, -0.05) is 5.21 Å². The van der Waals surface area contributed by atoms with Gasteiger partial charge in [-0.25, -0.2) is 0 Å². The van der Waals surface area contributed by atoms with Gasteiger partial charge in [-0.3, -0.25) is 14.3 Å². The number of aromatic nitrogens is 3. The minimum atomic E-state index is -0.108. The van der Waals surface area contributed by atoms with Crippen molar-refractivity contribution in [2.45, 2.75) is 33.2 Å². The van der Waals surface area contributed by atoms with E-state index in [1.54, 1.807) is 48.2 Å². The van der Waals surface area contributed by atoms with Gasteiger partial charge in [0.15, 0.2) is 5.69 Å². The molecule has 1 unspecified atom stereocenters. The molecule has 0 saturated carbocycles. The number of rotatable bonds is 8. The lowest BCUT2D eigenvalue weighted by molar-refractivity contribution is 0.0655. The minimum absolute atomic E-state index is 0.0554. The van der Waals surface area contributed by atoms with E-state index in [0.717, 1.165) is 12.8 Å². The van der Waals surface area contributed by atoms with Crippen LogP contribution in [0.5, 0.6) is 11.5 Å². The molecule has 1 fully saturated rings. The summed E-state index contributed by atoms with van der Waals surface area (Å²) in [4.78, 5) is 29.2.